The summed E-state index contributed by atoms with van der Waals surface area (Å²) < 4.78 is 58.2. The second-order valence-corrected chi connectivity index (χ2v) is 15.7. The van der Waals surface area contributed by atoms with Gasteiger partial charge in [-0.3, -0.25) is 15.0 Å². The summed E-state index contributed by atoms with van der Waals surface area (Å²) in [6.07, 6.45) is 2.42. The fourth-order valence-electron chi connectivity index (χ4n) is 7.32. The molecule has 5 aromatic heterocycles. The molecule has 0 radical (unpaired) electrons. The Morgan fingerprint density at radius 3 is 1.97 bits per heavy atom. The Hall–Kier alpha value is -7.32. The number of halogens is 4. The van der Waals surface area contributed by atoms with Gasteiger partial charge in [0.1, 0.15) is 23.2 Å². The molecule has 1 aliphatic rings. The molecule has 4 aromatic carbocycles. The first-order chi connectivity index (χ1) is 30.6. The van der Waals surface area contributed by atoms with Crippen LogP contribution in [0.2, 0.25) is 0 Å². The Labute approximate surface area is 368 Å². The number of benzene rings is 4. The van der Waals surface area contributed by atoms with Crippen LogP contribution in [-0.4, -0.2) is 48.8 Å². The molecule has 0 spiro atoms. The van der Waals surface area contributed by atoms with Gasteiger partial charge in [-0.05, 0) is 120 Å². The molecule has 1 aliphatic heterocycles. The Kier molecular flexibility index (Phi) is 11.5. The number of ether oxygens (including phenoxy) is 3. The van der Waals surface area contributed by atoms with Crippen LogP contribution < -0.4 is 14.2 Å². The Bertz CT molecular complexity index is 3150. The molecule has 0 bridgehead atoms. The molecule has 6 heterocycles. The normalized spacial score (nSPS) is 11.7. The van der Waals surface area contributed by atoms with E-state index in [-0.39, 0.29) is 18.8 Å². The predicted molar refractivity (Wildman–Crippen MR) is 238 cm³/mol. The molecule has 0 aliphatic carbocycles. The molecule has 0 atom stereocenters. The zero-order valence-corrected chi connectivity index (χ0v) is 35.7. The molecule has 0 saturated carbocycles. The molecule has 9 aromatic rings. The topological polar surface area (TPSA) is 124 Å². The summed E-state index contributed by atoms with van der Waals surface area (Å²) in [5.41, 5.74) is 10.2. The number of pyridine rings is 3. The number of methoxy groups -OCH3 is 1. The van der Waals surface area contributed by atoms with Crippen LogP contribution in [0, 0.1) is 31.3 Å². The third kappa shape index (κ3) is 8.89. The summed E-state index contributed by atoms with van der Waals surface area (Å²) in [6.45, 7) is 4.01. The summed E-state index contributed by atoms with van der Waals surface area (Å²) in [7, 11) is 1.67. The predicted octanol–water partition coefficient (Wildman–Crippen LogP) is 11.5. The second-order valence-electron chi connectivity index (χ2n) is 14.8. The van der Waals surface area contributed by atoms with Crippen molar-refractivity contribution in [2.24, 2.45) is 0 Å². The van der Waals surface area contributed by atoms with Crippen molar-refractivity contribution in [3.63, 3.8) is 0 Å². The molecule has 0 amide bonds. The van der Waals surface area contributed by atoms with Crippen molar-refractivity contribution in [2.75, 3.05) is 13.9 Å². The third-order valence-corrected chi connectivity index (χ3v) is 11.0. The van der Waals surface area contributed by atoms with E-state index in [0.717, 1.165) is 78.2 Å². The number of aromatic nitrogens is 7. The third-order valence-electron chi connectivity index (χ3n) is 10.4. The van der Waals surface area contributed by atoms with E-state index in [0.29, 0.717) is 46.9 Å². The molecule has 314 valence electrons. The SMILES string of the molecule is COc1ccc(Cc2nc(-c3ccc4ncccc4c3)c(-c3cccc(C)n3)[nH]2)cc1Br.Cc1cccc(-c2[nH]c(Cc3cc(F)c(F)cc3F)nc2-c2ccc3c(c2)OCO3)n1. The van der Waals surface area contributed by atoms with Crippen LogP contribution >= 0.6 is 15.9 Å². The number of rotatable bonds is 9. The lowest BCUT2D eigenvalue weighted by Crippen LogP contribution is -1.98. The molecule has 14 heteroatoms. The average Bonchev–Trinajstić information content (AvgIpc) is 4.05. The standard InChI is InChI=1S/C26H21BrN4O.C23H16F3N3O2/c1-16-5-3-7-22(29-16)26-25(19-9-10-21-18(15-19)6-4-12-28-21)30-24(31-26)14-17-8-11-23(32-2)20(27)13-17;1-12-3-2-4-18(27-12)23-22(13-5-6-19-20(8-13)31-11-30-19)28-21(29-23)9-14-7-16(25)17(26)10-15(14)24/h3-13,15H,14H2,1-2H3,(H,30,31);2-8,10H,9,11H2,1H3,(H,28,29). The largest absolute Gasteiger partial charge is 0.496 e. The van der Waals surface area contributed by atoms with Gasteiger partial charge in [-0.2, -0.15) is 0 Å². The van der Waals surface area contributed by atoms with E-state index in [9.17, 15) is 13.2 Å². The Morgan fingerprint density at radius 1 is 0.635 bits per heavy atom. The minimum atomic E-state index is -1.23. The summed E-state index contributed by atoms with van der Waals surface area (Å²) in [5.74, 6) is 0.123. The lowest BCUT2D eigenvalue weighted by Gasteiger charge is -2.05. The van der Waals surface area contributed by atoms with Crippen LogP contribution in [0.3, 0.4) is 0 Å². The highest BCUT2D eigenvalue weighted by Crippen LogP contribution is 2.39. The molecule has 0 unspecified atom stereocenters. The van der Waals surface area contributed by atoms with Crippen molar-refractivity contribution in [2.45, 2.75) is 26.7 Å². The number of hydrogen-bond donors (Lipinski definition) is 2. The fourth-order valence-corrected chi connectivity index (χ4v) is 7.91. The van der Waals surface area contributed by atoms with Gasteiger partial charge in [0.05, 0.1) is 51.3 Å². The van der Waals surface area contributed by atoms with Crippen LogP contribution in [-0.2, 0) is 12.8 Å². The van der Waals surface area contributed by atoms with Crippen molar-refractivity contribution in [1.29, 1.82) is 0 Å². The molecular formula is C49H37BrF3N7O3. The van der Waals surface area contributed by atoms with E-state index in [1.807, 2.05) is 80.7 Å². The average molecular weight is 909 g/mol. The van der Waals surface area contributed by atoms with Crippen molar-refractivity contribution < 1.29 is 27.4 Å². The number of nitrogens with zero attached hydrogens (tertiary/aromatic N) is 5. The quantitative estimate of drug-likeness (QED) is 0.137. The monoisotopic (exact) mass is 907 g/mol. The number of aryl methyl sites for hydroxylation is 2. The van der Waals surface area contributed by atoms with Gasteiger partial charge in [-0.1, -0.05) is 30.3 Å². The van der Waals surface area contributed by atoms with E-state index in [4.69, 9.17) is 24.2 Å². The maximum absolute atomic E-state index is 14.2. The molecule has 0 saturated heterocycles. The number of imidazole rings is 2. The highest BCUT2D eigenvalue weighted by atomic mass is 79.9. The lowest BCUT2D eigenvalue weighted by molar-refractivity contribution is 0.174. The maximum Gasteiger partial charge on any atom is 0.231 e. The minimum absolute atomic E-state index is 0.00589. The number of fused-ring (bicyclic) bond motifs is 2. The highest BCUT2D eigenvalue weighted by Gasteiger charge is 2.22. The summed E-state index contributed by atoms with van der Waals surface area (Å²) >= 11 is 3.57. The number of nitrogens with one attached hydrogen (secondary N) is 2. The molecular weight excluding hydrogens is 871 g/mol. The summed E-state index contributed by atoms with van der Waals surface area (Å²) in [4.78, 5) is 30.1. The fraction of sp³-hybridized carbons (Fsp3) is 0.122. The highest BCUT2D eigenvalue weighted by molar-refractivity contribution is 9.10. The number of aromatic amines is 2. The molecule has 10 rings (SSSR count). The zero-order chi connectivity index (χ0) is 43.6. The first-order valence-electron chi connectivity index (χ1n) is 19.9. The van der Waals surface area contributed by atoms with E-state index in [1.165, 1.54) is 0 Å². The molecule has 0 fully saturated rings. The zero-order valence-electron chi connectivity index (χ0n) is 34.1. The van der Waals surface area contributed by atoms with Crippen LogP contribution in [0.15, 0.2) is 126 Å². The lowest BCUT2D eigenvalue weighted by atomic mass is 10.1. The molecule has 63 heavy (non-hydrogen) atoms. The summed E-state index contributed by atoms with van der Waals surface area (Å²) in [5, 5.41) is 1.08. The van der Waals surface area contributed by atoms with E-state index in [2.05, 4.69) is 71.2 Å². The van der Waals surface area contributed by atoms with E-state index < -0.39 is 17.5 Å². The van der Waals surface area contributed by atoms with Gasteiger partial charge < -0.3 is 24.2 Å². The van der Waals surface area contributed by atoms with Crippen LogP contribution in [0.4, 0.5) is 13.2 Å². The maximum atomic E-state index is 14.2. The van der Waals surface area contributed by atoms with Gasteiger partial charge >= 0.3 is 0 Å². The van der Waals surface area contributed by atoms with Crippen molar-refractivity contribution in [1.82, 2.24) is 34.9 Å². The first kappa shape index (κ1) is 41.1. The van der Waals surface area contributed by atoms with Crippen molar-refractivity contribution in [3.05, 3.63) is 178 Å². The van der Waals surface area contributed by atoms with Gasteiger partial charge in [-0.15, -0.1) is 0 Å². The van der Waals surface area contributed by atoms with Crippen molar-refractivity contribution in [3.8, 4) is 62.5 Å². The number of hydrogen-bond acceptors (Lipinski definition) is 8. The first-order valence-corrected chi connectivity index (χ1v) is 20.6. The van der Waals surface area contributed by atoms with Crippen molar-refractivity contribution >= 4 is 26.8 Å². The van der Waals surface area contributed by atoms with Gasteiger partial charge in [0.2, 0.25) is 6.79 Å². The summed E-state index contributed by atoms with van der Waals surface area (Å²) in [6, 6.07) is 34.8. The minimum Gasteiger partial charge on any atom is -0.496 e. The Morgan fingerprint density at radius 2 is 1.29 bits per heavy atom. The number of H-pyrrole nitrogens is 2. The van der Waals surface area contributed by atoms with Gasteiger partial charge in [0.15, 0.2) is 23.1 Å². The van der Waals surface area contributed by atoms with Gasteiger partial charge in [-0.25, -0.2) is 23.1 Å². The van der Waals surface area contributed by atoms with Crippen LogP contribution in [0.25, 0.3) is 56.2 Å². The Balaban J connectivity index is 0.000000160. The molecule has 2 N–H and O–H groups in total. The second kappa shape index (κ2) is 17.6. The van der Waals surface area contributed by atoms with Gasteiger partial charge in [0.25, 0.3) is 0 Å². The van der Waals surface area contributed by atoms with Crippen LogP contribution in [0.1, 0.15) is 34.2 Å². The van der Waals surface area contributed by atoms with Crippen LogP contribution in [0.5, 0.6) is 17.2 Å². The van der Waals surface area contributed by atoms with E-state index >= 15 is 0 Å². The van der Waals surface area contributed by atoms with Gasteiger partial charge in [0, 0.05) is 53.0 Å². The van der Waals surface area contributed by atoms with E-state index in [1.54, 1.807) is 19.2 Å². The smallest absolute Gasteiger partial charge is 0.231 e. The molecule has 10 nitrogen and oxygen atoms in total.